The van der Waals surface area contributed by atoms with Crippen molar-refractivity contribution in [2.45, 2.75) is 98.3 Å². The zero-order valence-electron chi connectivity index (χ0n) is 23.1. The summed E-state index contributed by atoms with van der Waals surface area (Å²) >= 11 is 0. The molecule has 1 saturated heterocycles. The van der Waals surface area contributed by atoms with Crippen molar-refractivity contribution in [1.82, 2.24) is 19.9 Å². The number of hydroxylamine groups is 2. The zero-order valence-corrected chi connectivity index (χ0v) is 23.1. The highest BCUT2D eigenvalue weighted by molar-refractivity contribution is 6.02. The van der Waals surface area contributed by atoms with Crippen molar-refractivity contribution in [2.24, 2.45) is 5.41 Å². The molecule has 1 aromatic rings. The Morgan fingerprint density at radius 3 is 2.03 bits per heavy atom. The first kappa shape index (κ1) is 30.5. The summed E-state index contributed by atoms with van der Waals surface area (Å²) in [5.74, 6) is -2.85. The molecule has 0 radical (unpaired) electrons. The molecule has 1 aliphatic heterocycles. The third-order valence-corrected chi connectivity index (χ3v) is 5.15. The standard InChI is InChI=1S/C25H36N4O9/c1-23(2,3)36-21(34)27-16(11-15-13-26-14-28(15)22(35)37-24(4,5)6)17(30)12-25(7,8)20(33)38-29-18(31)9-10-19(29)32/h13-14,16H,9-12H2,1-8H3,(H,27,34)/t16-/m0/s1. The Kier molecular flexibility index (Phi) is 9.07. The third-order valence-electron chi connectivity index (χ3n) is 5.15. The number of hydrogen-bond acceptors (Lipinski definition) is 10. The molecular formula is C25H36N4O9. The van der Waals surface area contributed by atoms with Gasteiger partial charge in [-0.2, -0.15) is 0 Å². The second-order valence-electron chi connectivity index (χ2n) is 11.6. The van der Waals surface area contributed by atoms with E-state index in [1.54, 1.807) is 41.5 Å². The van der Waals surface area contributed by atoms with Crippen LogP contribution in [0.3, 0.4) is 0 Å². The van der Waals surface area contributed by atoms with Crippen LogP contribution in [0.4, 0.5) is 9.59 Å². The summed E-state index contributed by atoms with van der Waals surface area (Å²) in [7, 11) is 0. The average molecular weight is 537 g/mol. The highest BCUT2D eigenvalue weighted by Crippen LogP contribution is 2.26. The predicted octanol–water partition coefficient (Wildman–Crippen LogP) is 2.69. The molecule has 1 fully saturated rings. The molecule has 0 saturated carbocycles. The fourth-order valence-electron chi connectivity index (χ4n) is 3.35. The maximum absolute atomic E-state index is 13.4. The van der Waals surface area contributed by atoms with E-state index in [9.17, 15) is 28.8 Å². The van der Waals surface area contributed by atoms with Crippen LogP contribution in [0.15, 0.2) is 12.5 Å². The van der Waals surface area contributed by atoms with E-state index in [0.717, 1.165) is 4.57 Å². The first-order valence-electron chi connectivity index (χ1n) is 12.1. The van der Waals surface area contributed by atoms with Crippen LogP contribution in [0.5, 0.6) is 0 Å². The molecule has 0 spiro atoms. The molecule has 0 aliphatic carbocycles. The molecule has 13 nitrogen and oxygen atoms in total. The van der Waals surface area contributed by atoms with E-state index in [0.29, 0.717) is 5.06 Å². The van der Waals surface area contributed by atoms with Gasteiger partial charge in [-0.3, -0.25) is 14.4 Å². The first-order valence-corrected chi connectivity index (χ1v) is 12.1. The molecule has 2 rings (SSSR count). The Bertz CT molecular complexity index is 1090. The fraction of sp³-hybridized carbons (Fsp3) is 0.640. The molecule has 3 amide bonds. The smallest absolute Gasteiger partial charge is 0.420 e. The minimum atomic E-state index is -1.47. The number of ether oxygens (including phenoxy) is 2. The van der Waals surface area contributed by atoms with Gasteiger partial charge in [0.1, 0.15) is 17.5 Å². The van der Waals surface area contributed by atoms with Crippen molar-refractivity contribution in [3.8, 4) is 0 Å². The minimum Gasteiger partial charge on any atom is -0.444 e. The Labute approximate surface area is 221 Å². The lowest BCUT2D eigenvalue weighted by Gasteiger charge is -2.27. The van der Waals surface area contributed by atoms with Crippen LogP contribution >= 0.6 is 0 Å². The number of carbonyl (C=O) groups excluding carboxylic acids is 6. The number of imide groups is 1. The quantitative estimate of drug-likeness (QED) is 0.489. The van der Waals surface area contributed by atoms with Crippen LogP contribution in [0, 0.1) is 5.41 Å². The van der Waals surface area contributed by atoms with Crippen LogP contribution in [0.2, 0.25) is 0 Å². The summed E-state index contributed by atoms with van der Waals surface area (Å²) in [5, 5.41) is 2.91. The Morgan fingerprint density at radius 1 is 0.947 bits per heavy atom. The summed E-state index contributed by atoms with van der Waals surface area (Å²) in [5.41, 5.74) is -2.85. The summed E-state index contributed by atoms with van der Waals surface area (Å²) < 4.78 is 11.8. The molecular weight excluding hydrogens is 500 g/mol. The van der Waals surface area contributed by atoms with Gasteiger partial charge in [0.05, 0.1) is 17.2 Å². The molecule has 1 aromatic heterocycles. The highest BCUT2D eigenvalue weighted by atomic mass is 16.7. The van der Waals surface area contributed by atoms with Crippen molar-refractivity contribution in [3.63, 3.8) is 0 Å². The number of amides is 3. The SMILES string of the molecule is CC(C)(C)OC(=O)N[C@@H](Cc1cncn1C(=O)OC(C)(C)C)C(=O)CC(C)(C)C(=O)ON1C(=O)CCC1=O. The van der Waals surface area contributed by atoms with Crippen molar-refractivity contribution < 1.29 is 43.1 Å². The van der Waals surface area contributed by atoms with E-state index in [-0.39, 0.29) is 25.0 Å². The summed E-state index contributed by atoms with van der Waals surface area (Å²) in [6.45, 7) is 12.9. The third kappa shape index (κ3) is 8.67. The van der Waals surface area contributed by atoms with Gasteiger partial charge in [0.2, 0.25) is 0 Å². The van der Waals surface area contributed by atoms with Gasteiger partial charge in [0.25, 0.3) is 11.8 Å². The van der Waals surface area contributed by atoms with Gasteiger partial charge in [-0.15, -0.1) is 5.06 Å². The topological polar surface area (TPSA) is 163 Å². The van der Waals surface area contributed by atoms with Gasteiger partial charge in [-0.1, -0.05) is 0 Å². The van der Waals surface area contributed by atoms with E-state index in [2.05, 4.69) is 10.3 Å². The molecule has 1 aliphatic rings. The number of rotatable bonds is 8. The van der Waals surface area contributed by atoms with Crippen LogP contribution in [0.1, 0.15) is 80.3 Å². The second kappa shape index (κ2) is 11.3. The van der Waals surface area contributed by atoms with Crippen molar-refractivity contribution >= 4 is 35.8 Å². The van der Waals surface area contributed by atoms with E-state index in [4.69, 9.17) is 14.3 Å². The Hall–Kier alpha value is -3.77. The minimum absolute atomic E-state index is 0.0707. The molecule has 13 heteroatoms. The fourth-order valence-corrected chi connectivity index (χ4v) is 3.35. The van der Waals surface area contributed by atoms with Crippen LogP contribution in [0.25, 0.3) is 0 Å². The molecule has 38 heavy (non-hydrogen) atoms. The molecule has 210 valence electrons. The molecule has 1 atom stereocenters. The number of carbonyl (C=O) groups is 6. The highest BCUT2D eigenvalue weighted by Gasteiger charge is 2.40. The lowest BCUT2D eigenvalue weighted by atomic mass is 9.85. The van der Waals surface area contributed by atoms with Gasteiger partial charge < -0.3 is 19.6 Å². The van der Waals surface area contributed by atoms with E-state index >= 15 is 0 Å². The Balaban J connectivity index is 2.25. The van der Waals surface area contributed by atoms with E-state index < -0.39 is 64.8 Å². The van der Waals surface area contributed by atoms with E-state index in [1.165, 1.54) is 26.4 Å². The monoisotopic (exact) mass is 536 g/mol. The first-order chi connectivity index (χ1) is 17.3. The normalized spacial score (nSPS) is 15.2. The number of aromatic nitrogens is 2. The Morgan fingerprint density at radius 2 is 1.50 bits per heavy atom. The zero-order chi connectivity index (χ0) is 29.1. The van der Waals surface area contributed by atoms with Gasteiger partial charge in [0.15, 0.2) is 5.78 Å². The molecule has 0 unspecified atom stereocenters. The van der Waals surface area contributed by atoms with Crippen LogP contribution in [-0.4, -0.2) is 67.6 Å². The summed E-state index contributed by atoms with van der Waals surface area (Å²) in [6.07, 6.45) is 0.228. The van der Waals surface area contributed by atoms with Gasteiger partial charge in [0, 0.05) is 31.9 Å². The van der Waals surface area contributed by atoms with E-state index in [1.807, 2.05) is 0 Å². The number of hydrogen-bond donors (Lipinski definition) is 1. The maximum Gasteiger partial charge on any atom is 0.420 e. The number of Topliss-reactive ketones (excluding diaryl/α,β-unsaturated/α-hetero) is 1. The van der Waals surface area contributed by atoms with Gasteiger partial charge in [-0.25, -0.2) is 23.9 Å². The van der Waals surface area contributed by atoms with Crippen molar-refractivity contribution in [1.29, 1.82) is 0 Å². The predicted molar refractivity (Wildman–Crippen MR) is 131 cm³/mol. The summed E-state index contributed by atoms with van der Waals surface area (Å²) in [4.78, 5) is 83.9. The molecule has 2 heterocycles. The number of alkyl carbamates (subject to hydrolysis) is 1. The molecule has 0 aromatic carbocycles. The lowest BCUT2D eigenvalue weighted by molar-refractivity contribution is -0.204. The molecule has 1 N–H and O–H groups in total. The number of imidazole rings is 1. The van der Waals surface area contributed by atoms with Crippen molar-refractivity contribution in [2.75, 3.05) is 0 Å². The maximum atomic E-state index is 13.4. The summed E-state index contributed by atoms with van der Waals surface area (Å²) in [6, 6.07) is -1.23. The lowest BCUT2D eigenvalue weighted by Crippen LogP contribution is -2.47. The number of nitrogens with zero attached hydrogens (tertiary/aromatic N) is 3. The van der Waals surface area contributed by atoms with Crippen molar-refractivity contribution in [3.05, 3.63) is 18.2 Å². The van der Waals surface area contributed by atoms with Gasteiger partial charge in [-0.05, 0) is 55.4 Å². The van der Waals surface area contributed by atoms with Crippen LogP contribution < -0.4 is 5.32 Å². The number of ketones is 1. The largest absolute Gasteiger partial charge is 0.444 e. The number of nitrogens with one attached hydrogen (secondary N) is 1. The van der Waals surface area contributed by atoms with Gasteiger partial charge >= 0.3 is 18.2 Å². The second-order valence-corrected chi connectivity index (χ2v) is 11.6. The van der Waals surface area contributed by atoms with Crippen LogP contribution in [-0.2, 0) is 39.9 Å². The molecule has 0 bridgehead atoms. The average Bonchev–Trinajstić information content (AvgIpc) is 3.32.